The van der Waals surface area contributed by atoms with Gasteiger partial charge in [0.15, 0.2) is 12.1 Å². The van der Waals surface area contributed by atoms with Crippen LogP contribution in [0.2, 0.25) is 0 Å². The van der Waals surface area contributed by atoms with Gasteiger partial charge >= 0.3 is 0 Å². The molecule has 22 heavy (non-hydrogen) atoms. The van der Waals surface area contributed by atoms with Gasteiger partial charge in [0.2, 0.25) is 0 Å². The first-order valence-corrected chi connectivity index (χ1v) is 7.12. The first-order chi connectivity index (χ1) is 10.8. The van der Waals surface area contributed by atoms with Crippen LogP contribution in [-0.4, -0.2) is 25.5 Å². The zero-order chi connectivity index (χ0) is 14.9. The van der Waals surface area contributed by atoms with Gasteiger partial charge in [-0.15, -0.1) is 0 Å². The zero-order valence-corrected chi connectivity index (χ0v) is 12.1. The highest BCUT2D eigenvalue weighted by molar-refractivity contribution is 5.92. The number of benzene rings is 2. The summed E-state index contributed by atoms with van der Waals surface area (Å²) in [6, 6.07) is 13.6. The van der Waals surface area contributed by atoms with E-state index in [-0.39, 0.29) is 6.29 Å². The Bertz CT molecular complexity index is 788. The lowest BCUT2D eigenvalue weighted by atomic mass is 10.1. The molecule has 1 aliphatic rings. The van der Waals surface area contributed by atoms with Gasteiger partial charge < -0.3 is 18.7 Å². The molecule has 1 aromatic heterocycles. The Kier molecular flexibility index (Phi) is 3.29. The third kappa shape index (κ3) is 2.24. The summed E-state index contributed by atoms with van der Waals surface area (Å²) in [5.74, 6) is 1.54. The van der Waals surface area contributed by atoms with Crippen molar-refractivity contribution in [2.45, 2.75) is 6.29 Å². The van der Waals surface area contributed by atoms with E-state index < -0.39 is 0 Å². The minimum absolute atomic E-state index is 0.303. The van der Waals surface area contributed by atoms with Gasteiger partial charge in [0, 0.05) is 11.1 Å². The van der Waals surface area contributed by atoms with E-state index in [9.17, 15) is 0 Å². The Morgan fingerprint density at radius 2 is 1.82 bits per heavy atom. The maximum Gasteiger partial charge on any atom is 0.184 e. The van der Waals surface area contributed by atoms with Crippen LogP contribution in [-0.2, 0) is 9.47 Å². The highest BCUT2D eigenvalue weighted by atomic mass is 16.7. The molecule has 5 heteroatoms. The summed E-state index contributed by atoms with van der Waals surface area (Å²) in [6.45, 7) is 1.25. The number of methoxy groups -OCH3 is 1. The van der Waals surface area contributed by atoms with Crippen LogP contribution in [0.1, 0.15) is 11.9 Å². The van der Waals surface area contributed by atoms with Crippen LogP contribution in [0.15, 0.2) is 47.0 Å². The van der Waals surface area contributed by atoms with E-state index in [1.165, 1.54) is 0 Å². The molecule has 2 heterocycles. The number of hydrogen-bond donors (Lipinski definition) is 0. The minimum Gasteiger partial charge on any atom is -0.497 e. The van der Waals surface area contributed by atoms with Gasteiger partial charge in [-0.2, -0.15) is 0 Å². The highest BCUT2D eigenvalue weighted by Crippen LogP contribution is 2.33. The Morgan fingerprint density at radius 3 is 2.55 bits per heavy atom. The molecule has 0 N–H and O–H groups in total. The van der Waals surface area contributed by atoms with Crippen LogP contribution in [0.5, 0.6) is 5.75 Å². The van der Waals surface area contributed by atoms with Crippen LogP contribution in [0.4, 0.5) is 0 Å². The Labute approximate surface area is 127 Å². The van der Waals surface area contributed by atoms with Gasteiger partial charge in [-0.05, 0) is 36.4 Å². The molecule has 4 rings (SSSR count). The second-order valence-electron chi connectivity index (χ2n) is 5.09. The van der Waals surface area contributed by atoms with Crippen molar-refractivity contribution in [2.24, 2.45) is 0 Å². The molecule has 1 aliphatic heterocycles. The van der Waals surface area contributed by atoms with Crippen LogP contribution in [0.3, 0.4) is 0 Å². The molecule has 5 nitrogen and oxygen atoms in total. The summed E-state index contributed by atoms with van der Waals surface area (Å²) in [4.78, 5) is 0. The fourth-order valence-corrected chi connectivity index (χ4v) is 2.61. The number of nitrogens with zero attached hydrogens (tertiary/aromatic N) is 1. The van der Waals surface area contributed by atoms with Crippen molar-refractivity contribution in [3.63, 3.8) is 0 Å². The Morgan fingerprint density at radius 1 is 1.05 bits per heavy atom. The molecule has 1 fully saturated rings. The molecule has 0 spiro atoms. The molecule has 0 unspecified atom stereocenters. The molecule has 3 aromatic rings. The van der Waals surface area contributed by atoms with Crippen molar-refractivity contribution in [3.05, 3.63) is 48.0 Å². The third-order valence-electron chi connectivity index (χ3n) is 3.75. The van der Waals surface area contributed by atoms with Crippen LogP contribution < -0.4 is 4.74 Å². The van der Waals surface area contributed by atoms with E-state index >= 15 is 0 Å². The van der Waals surface area contributed by atoms with Crippen molar-refractivity contribution >= 4 is 10.9 Å². The van der Waals surface area contributed by atoms with Gasteiger partial charge in [-0.1, -0.05) is 11.2 Å². The van der Waals surface area contributed by atoms with Crippen molar-refractivity contribution in [2.75, 3.05) is 20.3 Å². The number of rotatable bonds is 3. The maximum absolute atomic E-state index is 5.55. The van der Waals surface area contributed by atoms with Gasteiger partial charge in [0.05, 0.1) is 25.7 Å². The van der Waals surface area contributed by atoms with E-state index in [1.54, 1.807) is 7.11 Å². The lowest BCUT2D eigenvalue weighted by Gasteiger charge is -2.08. The summed E-state index contributed by atoms with van der Waals surface area (Å²) in [6.07, 6.45) is -0.303. The lowest BCUT2D eigenvalue weighted by molar-refractivity contribution is -0.0440. The molecule has 0 amide bonds. The van der Waals surface area contributed by atoms with Crippen molar-refractivity contribution in [1.29, 1.82) is 0 Å². The summed E-state index contributed by atoms with van der Waals surface area (Å²) < 4.78 is 21.8. The number of hydrogen-bond acceptors (Lipinski definition) is 5. The smallest absolute Gasteiger partial charge is 0.184 e. The van der Waals surface area contributed by atoms with E-state index in [2.05, 4.69) is 5.16 Å². The van der Waals surface area contributed by atoms with E-state index in [0.717, 1.165) is 33.5 Å². The molecule has 2 aromatic carbocycles. The average molecular weight is 297 g/mol. The van der Waals surface area contributed by atoms with Gasteiger partial charge in [-0.3, -0.25) is 0 Å². The molecule has 112 valence electrons. The fourth-order valence-electron chi connectivity index (χ4n) is 2.61. The molecule has 0 saturated carbocycles. The average Bonchev–Trinajstić information content (AvgIpc) is 3.24. The third-order valence-corrected chi connectivity index (χ3v) is 3.75. The van der Waals surface area contributed by atoms with E-state index in [0.29, 0.717) is 13.2 Å². The van der Waals surface area contributed by atoms with Crippen LogP contribution >= 0.6 is 0 Å². The number of ether oxygens (including phenoxy) is 3. The quantitative estimate of drug-likeness (QED) is 0.740. The minimum atomic E-state index is -0.303. The monoisotopic (exact) mass is 297 g/mol. The molecule has 0 radical (unpaired) electrons. The molecule has 0 atom stereocenters. The summed E-state index contributed by atoms with van der Waals surface area (Å²) in [5, 5.41) is 5.06. The predicted octanol–water partition coefficient (Wildman–Crippen LogP) is 3.55. The summed E-state index contributed by atoms with van der Waals surface area (Å²) in [5.41, 5.74) is 2.74. The predicted molar refractivity (Wildman–Crippen MR) is 80.6 cm³/mol. The number of aromatic nitrogens is 1. The van der Waals surface area contributed by atoms with Crippen LogP contribution in [0.25, 0.3) is 22.2 Å². The largest absolute Gasteiger partial charge is 0.497 e. The van der Waals surface area contributed by atoms with E-state index in [1.807, 2.05) is 42.5 Å². The van der Waals surface area contributed by atoms with Crippen molar-refractivity contribution in [1.82, 2.24) is 5.16 Å². The normalized spacial score (nSPS) is 15.5. The summed E-state index contributed by atoms with van der Waals surface area (Å²) in [7, 11) is 1.65. The van der Waals surface area contributed by atoms with Gasteiger partial charge in [0.1, 0.15) is 11.3 Å². The lowest BCUT2D eigenvalue weighted by Crippen LogP contribution is -1.97. The second-order valence-corrected chi connectivity index (χ2v) is 5.09. The van der Waals surface area contributed by atoms with Gasteiger partial charge in [0.25, 0.3) is 0 Å². The highest BCUT2D eigenvalue weighted by Gasteiger charge is 2.20. The molecule has 0 bridgehead atoms. The Hall–Kier alpha value is -2.37. The van der Waals surface area contributed by atoms with Crippen molar-refractivity contribution < 1.29 is 18.7 Å². The van der Waals surface area contributed by atoms with Gasteiger partial charge in [-0.25, -0.2) is 0 Å². The number of fused-ring (bicyclic) bond motifs is 1. The first-order valence-electron chi connectivity index (χ1n) is 7.12. The van der Waals surface area contributed by atoms with Crippen LogP contribution in [0, 0.1) is 0 Å². The molecule has 1 saturated heterocycles. The first kappa shape index (κ1) is 13.3. The fraction of sp³-hybridized carbons (Fsp3) is 0.235. The molecule has 0 aliphatic carbocycles. The maximum atomic E-state index is 5.55. The Balaban J connectivity index is 1.77. The topological polar surface area (TPSA) is 53.7 Å². The van der Waals surface area contributed by atoms with Crippen molar-refractivity contribution in [3.8, 4) is 17.1 Å². The summed E-state index contributed by atoms with van der Waals surface area (Å²) >= 11 is 0. The molecular weight excluding hydrogens is 282 g/mol. The van der Waals surface area contributed by atoms with E-state index in [4.69, 9.17) is 18.7 Å². The second kappa shape index (κ2) is 5.44. The molecular formula is C17H15NO4. The SMILES string of the molecule is COc1ccc(-c2onc3ccc(C4OCCO4)cc23)cc1. The zero-order valence-electron chi connectivity index (χ0n) is 12.1. The standard InChI is InChI=1S/C17H15NO4/c1-19-13-5-2-11(3-6-13)16-14-10-12(17-20-8-9-21-17)4-7-15(14)18-22-16/h2-7,10,17H,8-9H2,1H3.